The lowest BCUT2D eigenvalue weighted by molar-refractivity contribution is -0.166. The molecule has 0 radical (unpaired) electrons. The van der Waals surface area contributed by atoms with Gasteiger partial charge in [-0.1, -0.05) is 6.92 Å². The molecular weight excluding hydrogens is 170 g/mol. The number of carbonyl (C=O) groups excluding carboxylic acids is 2. The number of carbonyl (C=O) groups is 2. The molecule has 1 saturated carbocycles. The molecule has 1 aliphatic heterocycles. The van der Waals surface area contributed by atoms with Gasteiger partial charge in [0.25, 0.3) is 0 Å². The number of morpholine rings is 1. The molecule has 2 atom stereocenters. The van der Waals surface area contributed by atoms with Crippen molar-refractivity contribution in [1.29, 1.82) is 0 Å². The minimum Gasteiger partial charge on any atom is -0.391 e. The fourth-order valence-electron chi connectivity index (χ4n) is 1.73. The molecule has 0 N–H and O–H groups in total. The molecule has 0 aromatic rings. The standard InChI is InChI=1S/C9H13NO3/c1-6-2-7(6)3-10-4-8(11)13-9(12)5-10/h6-7H,2-5H2,1H3. The summed E-state index contributed by atoms with van der Waals surface area (Å²) < 4.78 is 4.43. The van der Waals surface area contributed by atoms with E-state index in [-0.39, 0.29) is 13.1 Å². The predicted molar refractivity (Wildman–Crippen MR) is 44.8 cm³/mol. The maximum Gasteiger partial charge on any atom is 0.327 e. The molecule has 2 unspecified atom stereocenters. The summed E-state index contributed by atoms with van der Waals surface area (Å²) in [5.41, 5.74) is 0. The third-order valence-corrected chi connectivity index (χ3v) is 2.70. The van der Waals surface area contributed by atoms with E-state index in [0.717, 1.165) is 12.5 Å². The Bertz CT molecular complexity index is 235. The van der Waals surface area contributed by atoms with Gasteiger partial charge in [0.2, 0.25) is 0 Å². The molecule has 1 aliphatic carbocycles. The molecule has 4 nitrogen and oxygen atoms in total. The fourth-order valence-corrected chi connectivity index (χ4v) is 1.73. The van der Waals surface area contributed by atoms with Crippen molar-refractivity contribution in [3.8, 4) is 0 Å². The van der Waals surface area contributed by atoms with Crippen LogP contribution in [0.2, 0.25) is 0 Å². The summed E-state index contributed by atoms with van der Waals surface area (Å²) in [5.74, 6) is 0.612. The number of hydrogen-bond donors (Lipinski definition) is 0. The lowest BCUT2D eigenvalue weighted by atomic mass is 10.3. The van der Waals surface area contributed by atoms with Gasteiger partial charge >= 0.3 is 11.9 Å². The van der Waals surface area contributed by atoms with Crippen molar-refractivity contribution in [2.75, 3.05) is 19.6 Å². The maximum atomic E-state index is 10.9. The van der Waals surface area contributed by atoms with Crippen LogP contribution in [0.15, 0.2) is 0 Å². The van der Waals surface area contributed by atoms with Crippen LogP contribution in [0, 0.1) is 11.8 Å². The first-order valence-electron chi connectivity index (χ1n) is 4.61. The Morgan fingerprint density at radius 1 is 1.38 bits per heavy atom. The van der Waals surface area contributed by atoms with Crippen LogP contribution in [-0.4, -0.2) is 36.5 Å². The fraction of sp³-hybridized carbons (Fsp3) is 0.778. The molecule has 2 fully saturated rings. The Balaban J connectivity index is 1.85. The van der Waals surface area contributed by atoms with Crippen LogP contribution >= 0.6 is 0 Å². The summed E-state index contributed by atoms with van der Waals surface area (Å²) in [6.45, 7) is 3.60. The second-order valence-corrected chi connectivity index (χ2v) is 3.99. The number of hydrogen-bond acceptors (Lipinski definition) is 4. The summed E-state index contributed by atoms with van der Waals surface area (Å²) >= 11 is 0. The highest BCUT2D eigenvalue weighted by molar-refractivity contribution is 5.90. The minimum absolute atomic E-state index is 0.273. The van der Waals surface area contributed by atoms with E-state index >= 15 is 0 Å². The molecule has 13 heavy (non-hydrogen) atoms. The Kier molecular flexibility index (Phi) is 2.07. The lowest BCUT2D eigenvalue weighted by Gasteiger charge is -2.23. The first kappa shape index (κ1) is 8.69. The van der Waals surface area contributed by atoms with Gasteiger partial charge in [-0.15, -0.1) is 0 Å². The van der Waals surface area contributed by atoms with E-state index in [1.165, 1.54) is 6.42 Å². The number of rotatable bonds is 2. The van der Waals surface area contributed by atoms with Gasteiger partial charge in [0, 0.05) is 6.54 Å². The van der Waals surface area contributed by atoms with Crippen LogP contribution in [0.3, 0.4) is 0 Å². The minimum atomic E-state index is -0.412. The number of cyclic esters (lactones) is 2. The Labute approximate surface area is 76.8 Å². The Morgan fingerprint density at radius 3 is 2.38 bits per heavy atom. The van der Waals surface area contributed by atoms with E-state index in [2.05, 4.69) is 11.7 Å². The third-order valence-electron chi connectivity index (χ3n) is 2.70. The van der Waals surface area contributed by atoms with E-state index in [0.29, 0.717) is 5.92 Å². The van der Waals surface area contributed by atoms with Gasteiger partial charge in [-0.05, 0) is 18.3 Å². The molecule has 0 amide bonds. The monoisotopic (exact) mass is 183 g/mol. The summed E-state index contributed by atoms with van der Waals surface area (Å²) in [7, 11) is 0. The first-order chi connectivity index (χ1) is 6.15. The van der Waals surface area contributed by atoms with Crippen molar-refractivity contribution in [3.63, 3.8) is 0 Å². The van der Waals surface area contributed by atoms with Crippen molar-refractivity contribution in [1.82, 2.24) is 4.90 Å². The molecule has 0 spiro atoms. The van der Waals surface area contributed by atoms with Gasteiger partial charge in [-0.2, -0.15) is 0 Å². The molecule has 0 aromatic heterocycles. The average molecular weight is 183 g/mol. The smallest absolute Gasteiger partial charge is 0.327 e. The van der Waals surface area contributed by atoms with Gasteiger partial charge in [0.1, 0.15) is 0 Å². The second-order valence-electron chi connectivity index (χ2n) is 3.99. The molecule has 0 aromatic carbocycles. The average Bonchev–Trinajstić information content (AvgIpc) is 2.63. The summed E-state index contributed by atoms with van der Waals surface area (Å²) in [4.78, 5) is 23.6. The summed E-state index contributed by atoms with van der Waals surface area (Å²) in [6, 6.07) is 0. The predicted octanol–water partition coefficient (Wildman–Crippen LogP) is 0.0278. The van der Waals surface area contributed by atoms with Crippen molar-refractivity contribution in [2.24, 2.45) is 11.8 Å². The molecule has 4 heteroatoms. The van der Waals surface area contributed by atoms with E-state index in [1.807, 2.05) is 4.90 Å². The molecule has 1 heterocycles. The van der Waals surface area contributed by atoms with Crippen molar-refractivity contribution >= 4 is 11.9 Å². The van der Waals surface area contributed by atoms with Crippen molar-refractivity contribution in [3.05, 3.63) is 0 Å². The van der Waals surface area contributed by atoms with Gasteiger partial charge in [0.05, 0.1) is 13.1 Å². The van der Waals surface area contributed by atoms with Crippen LogP contribution < -0.4 is 0 Å². The van der Waals surface area contributed by atoms with Crippen LogP contribution in [0.25, 0.3) is 0 Å². The highest BCUT2D eigenvalue weighted by Crippen LogP contribution is 2.38. The van der Waals surface area contributed by atoms with E-state index in [9.17, 15) is 9.59 Å². The van der Waals surface area contributed by atoms with E-state index in [4.69, 9.17) is 0 Å². The molecular formula is C9H13NO3. The largest absolute Gasteiger partial charge is 0.391 e. The molecule has 72 valence electrons. The number of nitrogens with zero attached hydrogens (tertiary/aromatic N) is 1. The zero-order chi connectivity index (χ0) is 9.42. The van der Waals surface area contributed by atoms with E-state index < -0.39 is 11.9 Å². The van der Waals surface area contributed by atoms with E-state index in [1.54, 1.807) is 0 Å². The SMILES string of the molecule is CC1CC1CN1CC(=O)OC(=O)C1. The molecule has 2 rings (SSSR count). The first-order valence-corrected chi connectivity index (χ1v) is 4.61. The molecule has 0 bridgehead atoms. The van der Waals surface area contributed by atoms with Crippen molar-refractivity contribution in [2.45, 2.75) is 13.3 Å². The maximum absolute atomic E-state index is 10.9. The van der Waals surface area contributed by atoms with Crippen LogP contribution in [-0.2, 0) is 14.3 Å². The quantitative estimate of drug-likeness (QED) is 0.447. The van der Waals surface area contributed by atoms with Gasteiger partial charge in [-0.25, -0.2) is 0 Å². The van der Waals surface area contributed by atoms with Crippen LogP contribution in [0.1, 0.15) is 13.3 Å². The summed E-state index contributed by atoms with van der Waals surface area (Å²) in [6.07, 6.45) is 1.22. The highest BCUT2D eigenvalue weighted by Gasteiger charge is 2.36. The van der Waals surface area contributed by atoms with Crippen molar-refractivity contribution < 1.29 is 14.3 Å². The van der Waals surface area contributed by atoms with Gasteiger partial charge < -0.3 is 4.74 Å². The Hall–Kier alpha value is -0.900. The normalized spacial score (nSPS) is 34.5. The van der Waals surface area contributed by atoms with Gasteiger partial charge in [0.15, 0.2) is 0 Å². The summed E-state index contributed by atoms with van der Waals surface area (Å²) in [5, 5.41) is 0. The zero-order valence-electron chi connectivity index (χ0n) is 7.66. The lowest BCUT2D eigenvalue weighted by Crippen LogP contribution is -2.43. The molecule has 1 saturated heterocycles. The Morgan fingerprint density at radius 2 is 1.92 bits per heavy atom. The molecule has 2 aliphatic rings. The second kappa shape index (κ2) is 3.10. The number of ether oxygens (including phenoxy) is 1. The zero-order valence-corrected chi connectivity index (χ0v) is 7.66. The van der Waals surface area contributed by atoms with Crippen LogP contribution in [0.5, 0.6) is 0 Å². The van der Waals surface area contributed by atoms with Crippen LogP contribution in [0.4, 0.5) is 0 Å². The van der Waals surface area contributed by atoms with Gasteiger partial charge in [-0.3, -0.25) is 14.5 Å². The topological polar surface area (TPSA) is 46.6 Å². The highest BCUT2D eigenvalue weighted by atomic mass is 16.6. The number of esters is 2. The third kappa shape index (κ3) is 2.06.